The maximum atomic E-state index is 13.5. The Morgan fingerprint density at radius 2 is 1.41 bits per heavy atom. The molecule has 0 heterocycles. The Kier molecular flexibility index (Phi) is 8.73. The van der Waals surface area contributed by atoms with Gasteiger partial charge in [0.15, 0.2) is 5.66 Å². The molecule has 0 aliphatic rings. The SMILES string of the molecule is CCCCCC(C(=O)O)P(=O)(OCc1ccccc1)OCc1ccccc1. The quantitative estimate of drug-likeness (QED) is 0.375. The number of carbonyl (C=O) groups is 1. The highest BCUT2D eigenvalue weighted by atomic mass is 31.2. The van der Waals surface area contributed by atoms with Gasteiger partial charge in [0.05, 0.1) is 13.2 Å². The van der Waals surface area contributed by atoms with Crippen LogP contribution >= 0.6 is 7.60 Å². The lowest BCUT2D eigenvalue weighted by molar-refractivity contribution is -0.137. The van der Waals surface area contributed by atoms with Crippen LogP contribution in [0.5, 0.6) is 0 Å². The Morgan fingerprint density at radius 3 is 1.81 bits per heavy atom. The minimum Gasteiger partial charge on any atom is -0.481 e. The summed E-state index contributed by atoms with van der Waals surface area (Å²) in [5.74, 6) is -1.14. The van der Waals surface area contributed by atoms with Crippen LogP contribution in [-0.2, 0) is 31.6 Å². The van der Waals surface area contributed by atoms with Gasteiger partial charge in [-0.05, 0) is 17.5 Å². The van der Waals surface area contributed by atoms with Crippen molar-refractivity contribution in [2.75, 3.05) is 0 Å². The van der Waals surface area contributed by atoms with E-state index < -0.39 is 19.2 Å². The first-order valence-corrected chi connectivity index (χ1v) is 10.9. The molecule has 5 nitrogen and oxygen atoms in total. The lowest BCUT2D eigenvalue weighted by Crippen LogP contribution is -2.23. The van der Waals surface area contributed by atoms with Crippen LogP contribution in [0.4, 0.5) is 0 Å². The second-order valence-electron chi connectivity index (χ2n) is 6.41. The van der Waals surface area contributed by atoms with Crippen molar-refractivity contribution in [1.82, 2.24) is 0 Å². The molecule has 1 atom stereocenters. The zero-order valence-corrected chi connectivity index (χ0v) is 16.5. The molecule has 146 valence electrons. The number of carboxylic acids is 1. The summed E-state index contributed by atoms with van der Waals surface area (Å²) < 4.78 is 24.8. The Labute approximate surface area is 160 Å². The maximum absolute atomic E-state index is 13.5. The molecule has 2 rings (SSSR count). The predicted molar refractivity (Wildman–Crippen MR) is 106 cm³/mol. The Hall–Kier alpha value is -1.94. The molecule has 0 aliphatic carbocycles. The highest BCUT2D eigenvalue weighted by Crippen LogP contribution is 2.56. The topological polar surface area (TPSA) is 72.8 Å². The van der Waals surface area contributed by atoms with E-state index in [0.717, 1.165) is 24.0 Å². The van der Waals surface area contributed by atoms with Gasteiger partial charge in [0.25, 0.3) is 0 Å². The summed E-state index contributed by atoms with van der Waals surface area (Å²) in [5.41, 5.74) is 0.467. The smallest absolute Gasteiger partial charge is 0.345 e. The van der Waals surface area contributed by atoms with E-state index in [-0.39, 0.29) is 19.6 Å². The molecule has 0 bridgehead atoms. The number of carboxylic acid groups (broad SMARTS) is 1. The number of benzene rings is 2. The number of unbranched alkanes of at least 4 members (excludes halogenated alkanes) is 2. The fourth-order valence-corrected chi connectivity index (χ4v) is 4.56. The normalized spacial score (nSPS) is 12.6. The number of rotatable bonds is 12. The molecule has 0 spiro atoms. The molecule has 0 saturated heterocycles. The van der Waals surface area contributed by atoms with E-state index in [4.69, 9.17) is 9.05 Å². The molecule has 6 heteroatoms. The second kappa shape index (κ2) is 11.0. The Bertz CT molecular complexity index is 685. The molecular formula is C21H27O5P. The Balaban J connectivity index is 2.16. The van der Waals surface area contributed by atoms with E-state index in [2.05, 4.69) is 0 Å². The van der Waals surface area contributed by atoms with Crippen LogP contribution in [0, 0.1) is 0 Å². The van der Waals surface area contributed by atoms with Crippen LogP contribution < -0.4 is 0 Å². The minimum atomic E-state index is -3.86. The van der Waals surface area contributed by atoms with Gasteiger partial charge in [0.1, 0.15) is 0 Å². The fourth-order valence-electron chi connectivity index (χ4n) is 2.70. The van der Waals surface area contributed by atoms with E-state index in [1.807, 2.05) is 67.6 Å². The van der Waals surface area contributed by atoms with Gasteiger partial charge < -0.3 is 14.2 Å². The number of hydrogen-bond acceptors (Lipinski definition) is 4. The van der Waals surface area contributed by atoms with Gasteiger partial charge in [0.2, 0.25) is 0 Å². The van der Waals surface area contributed by atoms with Crippen molar-refractivity contribution in [2.24, 2.45) is 0 Å². The largest absolute Gasteiger partial charge is 0.481 e. The zero-order chi connectivity index (χ0) is 19.5. The lowest BCUT2D eigenvalue weighted by atomic mass is 10.1. The van der Waals surface area contributed by atoms with Crippen molar-refractivity contribution >= 4 is 13.6 Å². The summed E-state index contributed by atoms with van der Waals surface area (Å²) in [6.45, 7) is 2.13. The average molecular weight is 390 g/mol. The van der Waals surface area contributed by atoms with Crippen LogP contribution in [0.1, 0.15) is 43.7 Å². The van der Waals surface area contributed by atoms with Crippen LogP contribution in [0.2, 0.25) is 0 Å². The molecular weight excluding hydrogens is 363 g/mol. The minimum absolute atomic E-state index is 0.0461. The summed E-state index contributed by atoms with van der Waals surface area (Å²) >= 11 is 0. The van der Waals surface area contributed by atoms with Crippen molar-refractivity contribution in [3.63, 3.8) is 0 Å². The summed E-state index contributed by atoms with van der Waals surface area (Å²) in [5, 5.41) is 9.67. The third-order valence-corrected chi connectivity index (χ3v) is 6.48. The first-order chi connectivity index (χ1) is 13.0. The van der Waals surface area contributed by atoms with Crippen LogP contribution in [0.15, 0.2) is 60.7 Å². The van der Waals surface area contributed by atoms with E-state index in [9.17, 15) is 14.5 Å². The second-order valence-corrected chi connectivity index (χ2v) is 8.63. The molecule has 0 saturated carbocycles. The molecule has 2 aromatic carbocycles. The number of hydrogen-bond donors (Lipinski definition) is 1. The van der Waals surface area contributed by atoms with Crippen molar-refractivity contribution in [1.29, 1.82) is 0 Å². The molecule has 1 unspecified atom stereocenters. The van der Waals surface area contributed by atoms with Crippen molar-refractivity contribution in [2.45, 2.75) is 51.5 Å². The van der Waals surface area contributed by atoms with Gasteiger partial charge >= 0.3 is 13.6 Å². The lowest BCUT2D eigenvalue weighted by Gasteiger charge is -2.24. The van der Waals surface area contributed by atoms with Gasteiger partial charge in [-0.15, -0.1) is 0 Å². The standard InChI is InChI=1S/C21H27O5P/c1-2-3-6-15-20(21(22)23)27(24,25-16-18-11-7-4-8-12-18)26-17-19-13-9-5-10-14-19/h4-5,7-14,20H,2-3,6,15-17H2,1H3,(H,22,23). The molecule has 0 amide bonds. The van der Waals surface area contributed by atoms with E-state index >= 15 is 0 Å². The van der Waals surface area contributed by atoms with Gasteiger partial charge in [-0.1, -0.05) is 86.8 Å². The highest BCUT2D eigenvalue weighted by molar-refractivity contribution is 7.55. The molecule has 0 aliphatic heterocycles. The zero-order valence-electron chi connectivity index (χ0n) is 15.6. The van der Waals surface area contributed by atoms with Gasteiger partial charge in [-0.3, -0.25) is 9.36 Å². The summed E-state index contributed by atoms with van der Waals surface area (Å²) in [6.07, 6.45) is 2.76. The predicted octanol–water partition coefficient (Wildman–Crippen LogP) is 5.65. The molecule has 0 fully saturated rings. The first kappa shape index (κ1) is 21.4. The molecule has 0 aromatic heterocycles. The van der Waals surface area contributed by atoms with Crippen molar-refractivity contribution in [3.8, 4) is 0 Å². The monoisotopic (exact) mass is 390 g/mol. The van der Waals surface area contributed by atoms with Gasteiger partial charge in [-0.2, -0.15) is 0 Å². The average Bonchev–Trinajstić information content (AvgIpc) is 2.69. The summed E-state index contributed by atoms with van der Waals surface area (Å²) in [4.78, 5) is 11.8. The highest BCUT2D eigenvalue weighted by Gasteiger charge is 2.41. The molecule has 2 aromatic rings. The van der Waals surface area contributed by atoms with Crippen molar-refractivity contribution in [3.05, 3.63) is 71.8 Å². The van der Waals surface area contributed by atoms with Crippen LogP contribution in [-0.4, -0.2) is 16.7 Å². The molecule has 27 heavy (non-hydrogen) atoms. The van der Waals surface area contributed by atoms with E-state index in [1.54, 1.807) is 0 Å². The maximum Gasteiger partial charge on any atom is 0.345 e. The fraction of sp³-hybridized carbons (Fsp3) is 0.381. The van der Waals surface area contributed by atoms with Crippen molar-refractivity contribution < 1.29 is 23.5 Å². The van der Waals surface area contributed by atoms with Gasteiger partial charge in [-0.25, -0.2) is 0 Å². The van der Waals surface area contributed by atoms with E-state index in [1.165, 1.54) is 0 Å². The molecule has 0 radical (unpaired) electrons. The number of aliphatic carboxylic acids is 1. The summed E-state index contributed by atoms with van der Waals surface area (Å²) in [7, 11) is -3.86. The third kappa shape index (κ3) is 6.94. The van der Waals surface area contributed by atoms with Gasteiger partial charge in [0, 0.05) is 0 Å². The third-order valence-electron chi connectivity index (χ3n) is 4.26. The van der Waals surface area contributed by atoms with E-state index in [0.29, 0.717) is 6.42 Å². The Morgan fingerprint density at radius 1 is 0.926 bits per heavy atom. The molecule has 1 N–H and O–H groups in total. The summed E-state index contributed by atoms with van der Waals surface area (Å²) in [6, 6.07) is 18.5. The van der Waals surface area contributed by atoms with Crippen LogP contribution in [0.25, 0.3) is 0 Å². The van der Waals surface area contributed by atoms with Crippen LogP contribution in [0.3, 0.4) is 0 Å². The first-order valence-electron chi connectivity index (χ1n) is 9.24.